The summed E-state index contributed by atoms with van der Waals surface area (Å²) >= 11 is 0. The highest BCUT2D eigenvalue weighted by Crippen LogP contribution is 2.19. The lowest BCUT2D eigenvalue weighted by Crippen LogP contribution is -2.41. The Balaban J connectivity index is 1.66. The summed E-state index contributed by atoms with van der Waals surface area (Å²) in [5.74, 6) is 0.120. The van der Waals surface area contributed by atoms with Crippen LogP contribution < -0.4 is 0 Å². The molecule has 0 heterocycles. The molecule has 0 bridgehead atoms. The fourth-order valence-corrected chi connectivity index (χ4v) is 4.01. The molecule has 0 N–H and O–H groups in total. The fourth-order valence-electron chi connectivity index (χ4n) is 4.01. The number of nitrogens with zero attached hydrogens (tertiary/aromatic N) is 1. The van der Waals surface area contributed by atoms with Crippen LogP contribution in [0.15, 0.2) is 127 Å². The van der Waals surface area contributed by atoms with E-state index in [2.05, 4.69) is 65.6 Å². The average molecular weight is 432 g/mol. The zero-order chi connectivity index (χ0) is 22.7. The van der Waals surface area contributed by atoms with E-state index in [1.54, 1.807) is 6.08 Å². The number of benzene rings is 4. The number of hydrogen-bond acceptors (Lipinski definition) is 2. The summed E-state index contributed by atoms with van der Waals surface area (Å²) in [5.41, 5.74) is 4.59. The van der Waals surface area contributed by atoms with Gasteiger partial charge in [-0.15, -0.1) is 0 Å². The smallest absolute Gasteiger partial charge is 0.173 e. The van der Waals surface area contributed by atoms with Crippen LogP contribution >= 0.6 is 0 Å². The van der Waals surface area contributed by atoms with Crippen LogP contribution in [0.4, 0.5) is 0 Å². The van der Waals surface area contributed by atoms with Crippen molar-refractivity contribution in [2.75, 3.05) is 0 Å². The second kappa shape index (κ2) is 11.8. The number of carbonyl (C=O) groups excluding carboxylic acids is 1. The first-order valence-corrected chi connectivity index (χ1v) is 11.4. The Labute approximate surface area is 196 Å². The van der Waals surface area contributed by atoms with Gasteiger partial charge in [-0.05, 0) is 34.8 Å². The maximum Gasteiger partial charge on any atom is 0.173 e. The average Bonchev–Trinajstić information content (AvgIpc) is 2.88. The normalized spacial score (nSPS) is 12.2. The predicted octanol–water partition coefficient (Wildman–Crippen LogP) is 6.58. The molecule has 0 aliphatic rings. The van der Waals surface area contributed by atoms with Crippen molar-refractivity contribution < 1.29 is 4.79 Å². The molecule has 0 aromatic heterocycles. The number of ketones is 1. The summed E-state index contributed by atoms with van der Waals surface area (Å²) in [4.78, 5) is 15.9. The van der Waals surface area contributed by atoms with E-state index >= 15 is 0 Å². The molecule has 0 saturated carbocycles. The minimum absolute atomic E-state index is 0.120. The topological polar surface area (TPSA) is 20.3 Å². The van der Waals surface area contributed by atoms with Crippen molar-refractivity contribution >= 4 is 11.9 Å². The molecule has 4 aromatic carbocycles. The molecule has 0 aliphatic heterocycles. The van der Waals surface area contributed by atoms with Crippen molar-refractivity contribution in [2.45, 2.75) is 25.6 Å². The summed E-state index contributed by atoms with van der Waals surface area (Å²) in [5, 5.41) is 0. The summed E-state index contributed by atoms with van der Waals surface area (Å²) in [6.07, 6.45) is 4.33. The molecule has 4 rings (SSSR count). The third kappa shape index (κ3) is 6.86. The van der Waals surface area contributed by atoms with Gasteiger partial charge in [0, 0.05) is 13.1 Å². The lowest BCUT2D eigenvalue weighted by Gasteiger charge is -2.30. The van der Waals surface area contributed by atoms with Crippen molar-refractivity contribution in [3.8, 4) is 0 Å². The summed E-state index contributed by atoms with van der Waals surface area (Å²) in [7, 11) is 0. The molecule has 4 aromatic rings. The predicted molar refractivity (Wildman–Crippen MR) is 137 cm³/mol. The van der Waals surface area contributed by atoms with E-state index in [9.17, 15) is 4.79 Å². The summed E-state index contributed by atoms with van der Waals surface area (Å²) < 4.78 is 0. The Bertz CT molecular complexity index is 1100. The van der Waals surface area contributed by atoms with Gasteiger partial charge in [0.2, 0.25) is 0 Å². The zero-order valence-corrected chi connectivity index (χ0v) is 18.8. The van der Waals surface area contributed by atoms with Gasteiger partial charge in [0.05, 0.1) is 6.04 Å². The molecule has 2 heteroatoms. The Hall–Kier alpha value is -3.75. The molecule has 33 heavy (non-hydrogen) atoms. The van der Waals surface area contributed by atoms with Gasteiger partial charge in [-0.3, -0.25) is 9.69 Å². The molecule has 2 nitrogen and oxygen atoms in total. The van der Waals surface area contributed by atoms with Crippen molar-refractivity contribution in [3.05, 3.63) is 150 Å². The highest BCUT2D eigenvalue weighted by atomic mass is 16.1. The molecule has 0 saturated heterocycles. The standard InChI is InChI=1S/C31H29NO/c33-31(22-21-26-13-5-1-6-14-26)30(23-27-15-7-2-8-16-27)32(24-28-17-9-3-10-18-28)25-29-19-11-4-12-20-29/h1-22,30H,23-25H2/b22-21+/t30-/m0/s1. The third-order valence-electron chi connectivity index (χ3n) is 5.74. The first-order valence-electron chi connectivity index (χ1n) is 11.4. The highest BCUT2D eigenvalue weighted by molar-refractivity contribution is 5.97. The Kier molecular flexibility index (Phi) is 7.99. The van der Waals surface area contributed by atoms with Gasteiger partial charge in [-0.1, -0.05) is 127 Å². The van der Waals surface area contributed by atoms with Crippen molar-refractivity contribution in [3.63, 3.8) is 0 Å². The van der Waals surface area contributed by atoms with Crippen molar-refractivity contribution in [1.82, 2.24) is 4.90 Å². The van der Waals surface area contributed by atoms with Gasteiger partial charge in [-0.25, -0.2) is 0 Å². The molecule has 1 atom stereocenters. The Morgan fingerprint density at radius 2 is 1.03 bits per heavy atom. The quantitative estimate of drug-likeness (QED) is 0.264. The van der Waals surface area contributed by atoms with E-state index < -0.39 is 0 Å². The van der Waals surface area contributed by atoms with Crippen molar-refractivity contribution in [1.29, 1.82) is 0 Å². The van der Waals surface area contributed by atoms with E-state index in [1.165, 1.54) is 11.1 Å². The van der Waals surface area contributed by atoms with Gasteiger partial charge in [0.25, 0.3) is 0 Å². The lowest BCUT2D eigenvalue weighted by molar-refractivity contribution is -0.120. The van der Waals surface area contributed by atoms with Gasteiger partial charge < -0.3 is 0 Å². The summed E-state index contributed by atoms with van der Waals surface area (Å²) in [6, 6.07) is 40.8. The van der Waals surface area contributed by atoms with Crippen molar-refractivity contribution in [2.24, 2.45) is 0 Å². The van der Waals surface area contributed by atoms with Gasteiger partial charge >= 0.3 is 0 Å². The second-order valence-electron chi connectivity index (χ2n) is 8.23. The van der Waals surface area contributed by atoms with Crippen LogP contribution in [-0.4, -0.2) is 16.7 Å². The van der Waals surface area contributed by atoms with E-state index in [1.807, 2.05) is 66.7 Å². The van der Waals surface area contributed by atoms with Crippen LogP contribution in [0.25, 0.3) is 6.08 Å². The Morgan fingerprint density at radius 1 is 0.606 bits per heavy atom. The van der Waals surface area contributed by atoms with Crippen LogP contribution in [-0.2, 0) is 24.3 Å². The van der Waals surface area contributed by atoms with Crippen LogP contribution in [0, 0.1) is 0 Å². The van der Waals surface area contributed by atoms with Gasteiger partial charge in [0.15, 0.2) is 5.78 Å². The monoisotopic (exact) mass is 431 g/mol. The molecule has 0 radical (unpaired) electrons. The SMILES string of the molecule is O=C(/C=C/c1ccccc1)[C@H](Cc1ccccc1)N(Cc1ccccc1)Cc1ccccc1. The number of rotatable bonds is 10. The first-order chi connectivity index (χ1) is 16.3. The molecular weight excluding hydrogens is 402 g/mol. The summed E-state index contributed by atoms with van der Waals surface area (Å²) in [6.45, 7) is 1.41. The first kappa shape index (κ1) is 22.4. The second-order valence-corrected chi connectivity index (χ2v) is 8.23. The third-order valence-corrected chi connectivity index (χ3v) is 5.74. The van der Waals surface area contributed by atoms with E-state index in [4.69, 9.17) is 0 Å². The maximum atomic E-state index is 13.6. The van der Waals surface area contributed by atoms with E-state index in [-0.39, 0.29) is 11.8 Å². The minimum Gasteiger partial charge on any atom is -0.293 e. The number of hydrogen-bond donors (Lipinski definition) is 0. The number of carbonyl (C=O) groups is 1. The molecule has 0 spiro atoms. The molecule has 164 valence electrons. The van der Waals surface area contributed by atoms with E-state index in [0.29, 0.717) is 19.5 Å². The molecular formula is C31H29NO. The highest BCUT2D eigenvalue weighted by Gasteiger charge is 2.25. The van der Waals surface area contributed by atoms with Gasteiger partial charge in [-0.2, -0.15) is 0 Å². The van der Waals surface area contributed by atoms with Crippen LogP contribution in [0.3, 0.4) is 0 Å². The maximum absolute atomic E-state index is 13.6. The molecule has 0 amide bonds. The van der Waals surface area contributed by atoms with Crippen LogP contribution in [0.5, 0.6) is 0 Å². The molecule has 0 unspecified atom stereocenters. The van der Waals surface area contributed by atoms with Gasteiger partial charge in [0.1, 0.15) is 0 Å². The molecule has 0 aliphatic carbocycles. The largest absolute Gasteiger partial charge is 0.293 e. The van der Waals surface area contributed by atoms with Crippen LogP contribution in [0.1, 0.15) is 22.3 Å². The minimum atomic E-state index is -0.271. The van der Waals surface area contributed by atoms with E-state index in [0.717, 1.165) is 11.1 Å². The van der Waals surface area contributed by atoms with Crippen LogP contribution in [0.2, 0.25) is 0 Å². The fraction of sp³-hybridized carbons (Fsp3) is 0.129. The zero-order valence-electron chi connectivity index (χ0n) is 18.8. The molecule has 0 fully saturated rings. The lowest BCUT2D eigenvalue weighted by atomic mass is 9.98. The Morgan fingerprint density at radius 3 is 1.52 bits per heavy atom.